The molecule has 0 aromatic carbocycles. The first-order valence-corrected chi connectivity index (χ1v) is 7.14. The predicted molar refractivity (Wildman–Crippen MR) is 68.3 cm³/mol. The molecule has 0 radical (unpaired) electrons. The van der Waals surface area contributed by atoms with Gasteiger partial charge >= 0.3 is 0 Å². The van der Waals surface area contributed by atoms with Gasteiger partial charge in [0.15, 0.2) is 0 Å². The lowest BCUT2D eigenvalue weighted by atomic mass is 10.3. The average molecular weight is 240 g/mol. The number of rotatable bonds is 6. The SMILES string of the molecule is CSC(C)CCNCc1cc(C#N)cs1. The Labute approximate surface area is 99.7 Å². The van der Waals surface area contributed by atoms with Crippen LogP contribution in [0.2, 0.25) is 0 Å². The summed E-state index contributed by atoms with van der Waals surface area (Å²) >= 11 is 3.55. The van der Waals surface area contributed by atoms with E-state index in [0.717, 1.165) is 23.9 Å². The molecule has 0 amide bonds. The van der Waals surface area contributed by atoms with E-state index in [2.05, 4.69) is 24.6 Å². The van der Waals surface area contributed by atoms with Crippen molar-refractivity contribution < 1.29 is 0 Å². The maximum atomic E-state index is 8.66. The number of thiophene rings is 1. The lowest BCUT2D eigenvalue weighted by Gasteiger charge is -2.07. The van der Waals surface area contributed by atoms with Gasteiger partial charge in [0.05, 0.1) is 5.56 Å². The van der Waals surface area contributed by atoms with Crippen LogP contribution in [0.3, 0.4) is 0 Å². The molecule has 0 saturated heterocycles. The standard InChI is InChI=1S/C11H16N2S2/c1-9(14-2)3-4-13-7-11-5-10(6-12)8-15-11/h5,8-9,13H,3-4,7H2,1-2H3. The third-order valence-electron chi connectivity index (χ3n) is 2.21. The number of nitrogens with one attached hydrogen (secondary N) is 1. The van der Waals surface area contributed by atoms with E-state index in [9.17, 15) is 0 Å². The molecule has 15 heavy (non-hydrogen) atoms. The van der Waals surface area contributed by atoms with E-state index in [4.69, 9.17) is 5.26 Å². The molecule has 1 rings (SSSR count). The zero-order chi connectivity index (χ0) is 11.1. The Morgan fingerprint density at radius 3 is 3.07 bits per heavy atom. The molecule has 0 spiro atoms. The van der Waals surface area contributed by atoms with Crippen molar-refractivity contribution in [3.8, 4) is 6.07 Å². The van der Waals surface area contributed by atoms with Crippen LogP contribution < -0.4 is 5.32 Å². The van der Waals surface area contributed by atoms with E-state index >= 15 is 0 Å². The van der Waals surface area contributed by atoms with Crippen molar-refractivity contribution in [1.29, 1.82) is 5.26 Å². The molecule has 0 aliphatic heterocycles. The molecule has 1 atom stereocenters. The van der Waals surface area contributed by atoms with Crippen molar-refractivity contribution >= 4 is 23.1 Å². The highest BCUT2D eigenvalue weighted by Gasteiger charge is 2.00. The van der Waals surface area contributed by atoms with Crippen molar-refractivity contribution in [2.75, 3.05) is 12.8 Å². The zero-order valence-corrected chi connectivity index (χ0v) is 10.8. The van der Waals surface area contributed by atoms with Gasteiger partial charge in [0.25, 0.3) is 0 Å². The van der Waals surface area contributed by atoms with Crippen LogP contribution in [-0.2, 0) is 6.54 Å². The number of nitrogens with zero attached hydrogens (tertiary/aromatic N) is 1. The molecule has 1 heterocycles. The second-order valence-corrected chi connectivity index (χ2v) is 5.70. The second kappa shape index (κ2) is 6.89. The van der Waals surface area contributed by atoms with Crippen LogP contribution >= 0.6 is 23.1 Å². The molecule has 1 aromatic rings. The molecule has 0 aliphatic carbocycles. The van der Waals surface area contributed by atoms with Crippen LogP contribution in [0, 0.1) is 11.3 Å². The summed E-state index contributed by atoms with van der Waals surface area (Å²) in [5.41, 5.74) is 0.772. The summed E-state index contributed by atoms with van der Waals surface area (Å²) in [6, 6.07) is 4.10. The van der Waals surface area contributed by atoms with Crippen molar-refractivity contribution in [3.05, 3.63) is 21.9 Å². The number of nitriles is 1. The first-order chi connectivity index (χ1) is 7.26. The molecule has 1 aromatic heterocycles. The Hall–Kier alpha value is -0.500. The highest BCUT2D eigenvalue weighted by Crippen LogP contribution is 2.13. The van der Waals surface area contributed by atoms with Crippen LogP contribution in [0.4, 0.5) is 0 Å². The molecule has 1 unspecified atom stereocenters. The van der Waals surface area contributed by atoms with E-state index in [1.165, 1.54) is 11.3 Å². The summed E-state index contributed by atoms with van der Waals surface area (Å²) in [6.45, 7) is 4.17. The van der Waals surface area contributed by atoms with Crippen LogP contribution in [0.5, 0.6) is 0 Å². The highest BCUT2D eigenvalue weighted by atomic mass is 32.2. The van der Waals surface area contributed by atoms with Crippen molar-refractivity contribution in [2.24, 2.45) is 0 Å². The minimum Gasteiger partial charge on any atom is -0.312 e. The fraction of sp³-hybridized carbons (Fsp3) is 0.545. The molecule has 0 saturated carbocycles. The van der Waals surface area contributed by atoms with Gasteiger partial charge in [0.1, 0.15) is 6.07 Å². The highest BCUT2D eigenvalue weighted by molar-refractivity contribution is 7.99. The van der Waals surface area contributed by atoms with E-state index in [0.29, 0.717) is 0 Å². The van der Waals surface area contributed by atoms with E-state index < -0.39 is 0 Å². The smallest absolute Gasteiger partial charge is 0.100 e. The lowest BCUT2D eigenvalue weighted by molar-refractivity contribution is 0.653. The maximum absolute atomic E-state index is 8.66. The molecule has 2 nitrogen and oxygen atoms in total. The van der Waals surface area contributed by atoms with Crippen molar-refractivity contribution in [2.45, 2.75) is 25.1 Å². The second-order valence-electron chi connectivity index (χ2n) is 3.43. The quantitative estimate of drug-likeness (QED) is 0.777. The van der Waals surface area contributed by atoms with Gasteiger partial charge < -0.3 is 5.32 Å². The third kappa shape index (κ3) is 4.70. The molecular formula is C11H16N2S2. The van der Waals surface area contributed by atoms with Crippen molar-refractivity contribution in [3.63, 3.8) is 0 Å². The molecule has 4 heteroatoms. The van der Waals surface area contributed by atoms with E-state index in [-0.39, 0.29) is 0 Å². The summed E-state index contributed by atoms with van der Waals surface area (Å²) in [6.07, 6.45) is 3.33. The first-order valence-electron chi connectivity index (χ1n) is 4.97. The monoisotopic (exact) mass is 240 g/mol. The Kier molecular flexibility index (Phi) is 5.77. The average Bonchev–Trinajstić information content (AvgIpc) is 2.72. The molecular weight excluding hydrogens is 224 g/mol. The summed E-state index contributed by atoms with van der Waals surface area (Å²) < 4.78 is 0. The van der Waals surface area contributed by atoms with Crippen molar-refractivity contribution in [1.82, 2.24) is 5.32 Å². The Morgan fingerprint density at radius 2 is 2.47 bits per heavy atom. The normalized spacial score (nSPS) is 12.3. The predicted octanol–water partition coefficient (Wildman–Crippen LogP) is 2.85. The van der Waals surface area contributed by atoms with E-state index in [1.807, 2.05) is 23.2 Å². The van der Waals surface area contributed by atoms with Gasteiger partial charge in [-0.3, -0.25) is 0 Å². The fourth-order valence-electron chi connectivity index (χ4n) is 1.17. The minimum absolute atomic E-state index is 0.718. The topological polar surface area (TPSA) is 35.8 Å². The number of hydrogen-bond donors (Lipinski definition) is 1. The number of hydrogen-bond acceptors (Lipinski definition) is 4. The molecule has 0 bridgehead atoms. The molecule has 1 N–H and O–H groups in total. The van der Waals surface area contributed by atoms with Gasteiger partial charge in [-0.1, -0.05) is 6.92 Å². The summed E-state index contributed by atoms with van der Waals surface area (Å²) in [7, 11) is 0. The van der Waals surface area contributed by atoms with Crippen LogP contribution in [0.15, 0.2) is 11.4 Å². The fourth-order valence-corrected chi connectivity index (χ4v) is 2.30. The lowest BCUT2D eigenvalue weighted by Crippen LogP contribution is -2.16. The van der Waals surface area contributed by atoms with Crippen LogP contribution in [-0.4, -0.2) is 18.1 Å². The largest absolute Gasteiger partial charge is 0.312 e. The Bertz CT molecular complexity index is 328. The van der Waals surface area contributed by atoms with Gasteiger partial charge in [-0.25, -0.2) is 0 Å². The summed E-state index contributed by atoms with van der Waals surface area (Å²) in [5.74, 6) is 0. The third-order valence-corrected chi connectivity index (χ3v) is 4.19. The van der Waals surface area contributed by atoms with Gasteiger partial charge in [-0.2, -0.15) is 17.0 Å². The summed E-state index contributed by atoms with van der Waals surface area (Å²) in [5, 5.41) is 14.7. The first kappa shape index (κ1) is 12.6. The summed E-state index contributed by atoms with van der Waals surface area (Å²) in [4.78, 5) is 1.24. The minimum atomic E-state index is 0.718. The van der Waals surface area contributed by atoms with E-state index in [1.54, 1.807) is 11.3 Å². The van der Waals surface area contributed by atoms with Crippen LogP contribution in [0.25, 0.3) is 0 Å². The molecule has 82 valence electrons. The molecule has 0 aliphatic rings. The van der Waals surface area contributed by atoms with Gasteiger partial charge in [-0.05, 0) is 25.3 Å². The molecule has 0 fully saturated rings. The zero-order valence-electron chi connectivity index (χ0n) is 9.12. The number of thioether (sulfide) groups is 1. The van der Waals surface area contributed by atoms with Gasteiger partial charge in [0, 0.05) is 22.1 Å². The Morgan fingerprint density at radius 1 is 1.67 bits per heavy atom. The maximum Gasteiger partial charge on any atom is 0.100 e. The van der Waals surface area contributed by atoms with Gasteiger partial charge in [-0.15, -0.1) is 11.3 Å². The van der Waals surface area contributed by atoms with Crippen LogP contribution in [0.1, 0.15) is 23.8 Å². The van der Waals surface area contributed by atoms with Gasteiger partial charge in [0.2, 0.25) is 0 Å². The Balaban J connectivity index is 2.18.